The maximum atomic E-state index is 12.0. The standard InChI is InChI=1S/C14H30O4Si2/c1-7-19(8-2,9-3)17-13(15)14(16)18-20(10-4,11-5)12-6/h7-12H2,1-6H3. The predicted octanol–water partition coefficient (Wildman–Crippen LogP) is 4.08. The average Bonchev–Trinajstić information content (AvgIpc) is 2.50. The highest BCUT2D eigenvalue weighted by molar-refractivity contribution is 6.78. The first-order valence-corrected chi connectivity index (χ1v) is 12.9. The Morgan fingerprint density at radius 3 is 0.950 bits per heavy atom. The highest BCUT2D eigenvalue weighted by Crippen LogP contribution is 2.24. The van der Waals surface area contributed by atoms with Crippen molar-refractivity contribution in [1.29, 1.82) is 0 Å². The van der Waals surface area contributed by atoms with Crippen LogP contribution in [0.4, 0.5) is 0 Å². The summed E-state index contributed by atoms with van der Waals surface area (Å²) in [4.78, 5) is 24.0. The number of hydrogen-bond acceptors (Lipinski definition) is 4. The average molecular weight is 319 g/mol. The van der Waals surface area contributed by atoms with Gasteiger partial charge in [0.25, 0.3) is 16.6 Å². The summed E-state index contributed by atoms with van der Waals surface area (Å²) >= 11 is 0. The Morgan fingerprint density at radius 2 is 0.800 bits per heavy atom. The molecule has 4 nitrogen and oxygen atoms in total. The summed E-state index contributed by atoms with van der Waals surface area (Å²) in [5, 5.41) is 0. The SMILES string of the molecule is CC[Si](CC)(CC)OC(=O)C(=O)O[Si](CC)(CC)CC. The van der Waals surface area contributed by atoms with E-state index in [9.17, 15) is 9.59 Å². The van der Waals surface area contributed by atoms with E-state index >= 15 is 0 Å². The van der Waals surface area contributed by atoms with Gasteiger partial charge in [0.05, 0.1) is 0 Å². The third-order valence-electron chi connectivity index (χ3n) is 4.65. The first-order valence-electron chi connectivity index (χ1n) is 7.84. The molecule has 0 rings (SSSR count). The van der Waals surface area contributed by atoms with E-state index in [2.05, 4.69) is 0 Å². The Hall–Kier alpha value is -0.626. The molecule has 6 heteroatoms. The van der Waals surface area contributed by atoms with Crippen LogP contribution in [0.5, 0.6) is 0 Å². The van der Waals surface area contributed by atoms with Gasteiger partial charge in [0.1, 0.15) is 0 Å². The highest BCUT2D eigenvalue weighted by atomic mass is 28.4. The summed E-state index contributed by atoms with van der Waals surface area (Å²) in [6, 6.07) is 5.07. The third-order valence-corrected chi connectivity index (χ3v) is 13.6. The maximum Gasteiger partial charge on any atom is 0.402 e. The quantitative estimate of drug-likeness (QED) is 0.500. The van der Waals surface area contributed by atoms with Crippen LogP contribution in [0.1, 0.15) is 41.5 Å². The van der Waals surface area contributed by atoms with Gasteiger partial charge in [0, 0.05) is 0 Å². The molecule has 118 valence electrons. The zero-order valence-electron chi connectivity index (χ0n) is 13.9. The Bertz CT molecular complexity index is 275. The molecule has 0 aromatic rings. The van der Waals surface area contributed by atoms with Crippen LogP contribution >= 0.6 is 0 Å². The Kier molecular flexibility index (Phi) is 8.34. The zero-order valence-corrected chi connectivity index (χ0v) is 15.9. The fraction of sp³-hybridized carbons (Fsp3) is 0.857. The molecule has 0 unspecified atom stereocenters. The summed E-state index contributed by atoms with van der Waals surface area (Å²) in [7, 11) is -4.17. The topological polar surface area (TPSA) is 52.6 Å². The van der Waals surface area contributed by atoms with E-state index < -0.39 is 28.6 Å². The molecule has 0 aliphatic carbocycles. The summed E-state index contributed by atoms with van der Waals surface area (Å²) in [6.45, 7) is 12.2. The van der Waals surface area contributed by atoms with Crippen molar-refractivity contribution in [2.45, 2.75) is 77.8 Å². The van der Waals surface area contributed by atoms with Crippen molar-refractivity contribution >= 4 is 28.6 Å². The fourth-order valence-corrected chi connectivity index (χ4v) is 7.23. The van der Waals surface area contributed by atoms with Crippen molar-refractivity contribution in [2.75, 3.05) is 0 Å². The van der Waals surface area contributed by atoms with Crippen LogP contribution in [0.2, 0.25) is 36.3 Å². The fourth-order valence-electron chi connectivity index (χ4n) is 2.41. The van der Waals surface area contributed by atoms with Gasteiger partial charge in [-0.25, -0.2) is 9.59 Å². The number of hydrogen-bond donors (Lipinski definition) is 0. The van der Waals surface area contributed by atoms with Gasteiger partial charge in [0.2, 0.25) is 0 Å². The summed E-state index contributed by atoms with van der Waals surface area (Å²) < 4.78 is 11.1. The van der Waals surface area contributed by atoms with Crippen molar-refractivity contribution in [3.05, 3.63) is 0 Å². The van der Waals surface area contributed by atoms with Crippen LogP contribution in [-0.2, 0) is 18.4 Å². The van der Waals surface area contributed by atoms with Crippen LogP contribution in [0, 0.1) is 0 Å². The molecule has 0 heterocycles. The second-order valence-corrected chi connectivity index (χ2v) is 14.6. The molecule has 0 aliphatic rings. The normalized spacial score (nSPS) is 12.1. The zero-order chi connectivity index (χ0) is 15.8. The van der Waals surface area contributed by atoms with E-state index in [1.807, 2.05) is 41.5 Å². The van der Waals surface area contributed by atoms with Gasteiger partial charge in [-0.3, -0.25) is 0 Å². The van der Waals surface area contributed by atoms with Gasteiger partial charge >= 0.3 is 11.9 Å². The van der Waals surface area contributed by atoms with Crippen LogP contribution in [0.25, 0.3) is 0 Å². The van der Waals surface area contributed by atoms with Gasteiger partial charge in [-0.1, -0.05) is 41.5 Å². The van der Waals surface area contributed by atoms with Crippen molar-refractivity contribution in [3.8, 4) is 0 Å². The van der Waals surface area contributed by atoms with Crippen molar-refractivity contribution in [3.63, 3.8) is 0 Å². The van der Waals surface area contributed by atoms with Crippen molar-refractivity contribution in [1.82, 2.24) is 0 Å². The summed E-state index contributed by atoms with van der Waals surface area (Å²) in [5.74, 6) is -1.54. The molecular formula is C14H30O4Si2. The lowest BCUT2D eigenvalue weighted by Gasteiger charge is -2.30. The number of carbonyl (C=O) groups excluding carboxylic acids is 2. The molecule has 0 saturated heterocycles. The highest BCUT2D eigenvalue weighted by Gasteiger charge is 2.39. The second kappa shape index (κ2) is 8.61. The molecule has 0 N–H and O–H groups in total. The van der Waals surface area contributed by atoms with E-state index in [4.69, 9.17) is 8.85 Å². The molecule has 0 bridgehead atoms. The number of carbonyl (C=O) groups is 2. The Labute approximate surface area is 125 Å². The number of rotatable bonds is 8. The Morgan fingerprint density at radius 1 is 0.600 bits per heavy atom. The van der Waals surface area contributed by atoms with Gasteiger partial charge in [0.15, 0.2) is 0 Å². The molecular weight excluding hydrogens is 288 g/mol. The molecule has 0 saturated carbocycles. The predicted molar refractivity (Wildman–Crippen MR) is 86.6 cm³/mol. The molecule has 20 heavy (non-hydrogen) atoms. The van der Waals surface area contributed by atoms with Crippen molar-refractivity contribution < 1.29 is 18.4 Å². The van der Waals surface area contributed by atoms with Crippen LogP contribution in [0.3, 0.4) is 0 Å². The van der Waals surface area contributed by atoms with E-state index in [1.165, 1.54) is 0 Å². The summed E-state index contributed by atoms with van der Waals surface area (Å²) in [5.41, 5.74) is 0. The minimum Gasteiger partial charge on any atom is -0.511 e. The monoisotopic (exact) mass is 318 g/mol. The Balaban J connectivity index is 4.83. The molecule has 0 aromatic carbocycles. The first kappa shape index (κ1) is 19.4. The van der Waals surface area contributed by atoms with E-state index in [-0.39, 0.29) is 0 Å². The van der Waals surface area contributed by atoms with Crippen molar-refractivity contribution in [2.24, 2.45) is 0 Å². The maximum absolute atomic E-state index is 12.0. The lowest BCUT2D eigenvalue weighted by atomic mass is 10.7. The van der Waals surface area contributed by atoms with Gasteiger partial charge in [-0.05, 0) is 36.3 Å². The van der Waals surface area contributed by atoms with Gasteiger partial charge in [-0.15, -0.1) is 0 Å². The lowest BCUT2D eigenvalue weighted by molar-refractivity contribution is -0.157. The van der Waals surface area contributed by atoms with Gasteiger partial charge < -0.3 is 8.85 Å². The molecule has 0 fully saturated rings. The van der Waals surface area contributed by atoms with Crippen LogP contribution in [-0.4, -0.2) is 28.6 Å². The van der Waals surface area contributed by atoms with E-state index in [1.54, 1.807) is 0 Å². The minimum absolute atomic E-state index is 0.769. The van der Waals surface area contributed by atoms with Crippen LogP contribution in [0.15, 0.2) is 0 Å². The van der Waals surface area contributed by atoms with Gasteiger partial charge in [-0.2, -0.15) is 0 Å². The smallest absolute Gasteiger partial charge is 0.402 e. The molecule has 0 radical (unpaired) electrons. The molecule has 0 aliphatic heterocycles. The molecule has 0 spiro atoms. The largest absolute Gasteiger partial charge is 0.511 e. The second-order valence-electron chi connectivity index (χ2n) is 5.27. The minimum atomic E-state index is -2.08. The summed E-state index contributed by atoms with van der Waals surface area (Å²) in [6.07, 6.45) is 0. The first-order chi connectivity index (χ1) is 9.38. The molecule has 0 amide bonds. The molecule has 0 aromatic heterocycles. The van der Waals surface area contributed by atoms with E-state index in [0.717, 1.165) is 36.3 Å². The lowest BCUT2D eigenvalue weighted by Crippen LogP contribution is -2.45. The van der Waals surface area contributed by atoms with E-state index in [0.29, 0.717) is 0 Å². The van der Waals surface area contributed by atoms with Crippen LogP contribution < -0.4 is 0 Å². The molecule has 0 atom stereocenters. The third kappa shape index (κ3) is 4.73.